The summed E-state index contributed by atoms with van der Waals surface area (Å²) in [7, 11) is 0. The van der Waals surface area contributed by atoms with Gasteiger partial charge in [-0.05, 0) is 16.3 Å². The number of carbonyl (C=O) groups is 1. The van der Waals surface area contributed by atoms with Crippen LogP contribution in [0.5, 0.6) is 0 Å². The van der Waals surface area contributed by atoms with E-state index in [1.807, 2.05) is 4.90 Å². The van der Waals surface area contributed by atoms with E-state index in [1.165, 1.54) is 17.2 Å². The van der Waals surface area contributed by atoms with Gasteiger partial charge in [0.2, 0.25) is 0 Å². The van der Waals surface area contributed by atoms with Crippen molar-refractivity contribution < 1.29 is 4.79 Å². The van der Waals surface area contributed by atoms with Crippen LogP contribution >= 0.6 is 0 Å². The standard InChI is InChI=1S/C14H17N9O/c1-8(2)12-10-6-22(4-3-11(10)17-18-12)14(24)9-5-15-19-13(9)23-7-16-20-21-23/h5,7-8H,3-4,6H2,1-2H3,(H,15,19)(H,17,18). The topological polar surface area (TPSA) is 121 Å². The van der Waals surface area contributed by atoms with E-state index in [0.29, 0.717) is 30.4 Å². The first kappa shape index (κ1) is 14.5. The fourth-order valence-corrected chi connectivity index (χ4v) is 3.01. The molecule has 0 saturated carbocycles. The number of nitrogens with one attached hydrogen (secondary N) is 2. The second-order valence-electron chi connectivity index (χ2n) is 6.08. The zero-order valence-electron chi connectivity index (χ0n) is 13.4. The first-order valence-electron chi connectivity index (χ1n) is 7.77. The highest BCUT2D eigenvalue weighted by Crippen LogP contribution is 2.26. The van der Waals surface area contributed by atoms with Crippen molar-refractivity contribution in [2.75, 3.05) is 6.54 Å². The maximum absolute atomic E-state index is 12.9. The molecule has 0 radical (unpaired) electrons. The minimum absolute atomic E-state index is 0.101. The summed E-state index contributed by atoms with van der Waals surface area (Å²) < 4.78 is 1.40. The van der Waals surface area contributed by atoms with Crippen molar-refractivity contribution in [1.82, 2.24) is 45.5 Å². The molecule has 0 unspecified atom stereocenters. The van der Waals surface area contributed by atoms with Crippen LogP contribution in [0.15, 0.2) is 12.5 Å². The number of carbonyl (C=O) groups excluding carboxylic acids is 1. The quantitative estimate of drug-likeness (QED) is 0.719. The van der Waals surface area contributed by atoms with Crippen molar-refractivity contribution in [3.63, 3.8) is 0 Å². The van der Waals surface area contributed by atoms with Gasteiger partial charge >= 0.3 is 0 Å². The highest BCUT2D eigenvalue weighted by Gasteiger charge is 2.28. The number of amides is 1. The molecule has 1 aliphatic heterocycles. The fourth-order valence-electron chi connectivity index (χ4n) is 3.01. The van der Waals surface area contributed by atoms with Gasteiger partial charge in [-0.2, -0.15) is 14.9 Å². The van der Waals surface area contributed by atoms with Crippen LogP contribution in [0.25, 0.3) is 5.82 Å². The molecule has 1 aliphatic rings. The summed E-state index contributed by atoms with van der Waals surface area (Å²) in [6.07, 6.45) is 3.69. The summed E-state index contributed by atoms with van der Waals surface area (Å²) in [6, 6.07) is 0. The van der Waals surface area contributed by atoms with Gasteiger partial charge in [0.15, 0.2) is 5.82 Å². The second-order valence-corrected chi connectivity index (χ2v) is 6.08. The van der Waals surface area contributed by atoms with E-state index in [2.05, 4.69) is 49.8 Å². The number of rotatable bonds is 3. The summed E-state index contributed by atoms with van der Waals surface area (Å²) in [4.78, 5) is 14.8. The predicted molar refractivity (Wildman–Crippen MR) is 82.4 cm³/mol. The van der Waals surface area contributed by atoms with Gasteiger partial charge < -0.3 is 4.90 Å². The third-order valence-corrected chi connectivity index (χ3v) is 4.23. The number of nitrogens with zero attached hydrogens (tertiary/aromatic N) is 7. The minimum Gasteiger partial charge on any atom is -0.334 e. The first-order valence-corrected chi connectivity index (χ1v) is 7.77. The summed E-state index contributed by atoms with van der Waals surface area (Å²) in [6.45, 7) is 5.37. The average molecular weight is 327 g/mol. The van der Waals surface area contributed by atoms with Crippen LogP contribution in [0, 0.1) is 0 Å². The second kappa shape index (κ2) is 5.55. The van der Waals surface area contributed by atoms with E-state index < -0.39 is 0 Å². The molecule has 4 heterocycles. The largest absolute Gasteiger partial charge is 0.334 e. The predicted octanol–water partition coefficient (Wildman–Crippen LogP) is 0.430. The molecule has 2 N–H and O–H groups in total. The highest BCUT2D eigenvalue weighted by molar-refractivity contribution is 5.97. The SMILES string of the molecule is CC(C)c1n[nH]c2c1CN(C(=O)c1cn[nH]c1-n1cnnn1)CC2. The van der Waals surface area contributed by atoms with Crippen LogP contribution in [-0.4, -0.2) is 58.0 Å². The Balaban J connectivity index is 1.63. The van der Waals surface area contributed by atoms with E-state index in [0.717, 1.165) is 23.4 Å². The molecule has 0 aliphatic carbocycles. The lowest BCUT2D eigenvalue weighted by molar-refractivity contribution is 0.0733. The van der Waals surface area contributed by atoms with Crippen LogP contribution < -0.4 is 0 Å². The lowest BCUT2D eigenvalue weighted by atomic mass is 9.99. The zero-order chi connectivity index (χ0) is 16.7. The molecule has 0 aromatic carbocycles. The van der Waals surface area contributed by atoms with Crippen LogP contribution in [0.2, 0.25) is 0 Å². The average Bonchev–Trinajstić information content (AvgIpc) is 3.31. The van der Waals surface area contributed by atoms with Crippen molar-refractivity contribution in [3.05, 3.63) is 35.0 Å². The molecular formula is C14H17N9O. The summed E-state index contributed by atoms with van der Waals surface area (Å²) >= 11 is 0. The van der Waals surface area contributed by atoms with Gasteiger partial charge in [0.05, 0.1) is 11.9 Å². The van der Waals surface area contributed by atoms with Crippen LogP contribution in [-0.2, 0) is 13.0 Å². The molecule has 124 valence electrons. The smallest absolute Gasteiger partial charge is 0.259 e. The van der Waals surface area contributed by atoms with Crippen molar-refractivity contribution in [2.45, 2.75) is 32.7 Å². The number of H-pyrrole nitrogens is 2. The monoisotopic (exact) mass is 327 g/mol. The van der Waals surface area contributed by atoms with Gasteiger partial charge in [-0.1, -0.05) is 13.8 Å². The number of tetrazole rings is 1. The first-order chi connectivity index (χ1) is 11.6. The van der Waals surface area contributed by atoms with Gasteiger partial charge in [-0.15, -0.1) is 5.10 Å². The Hall–Kier alpha value is -3.04. The lowest BCUT2D eigenvalue weighted by Crippen LogP contribution is -2.36. The summed E-state index contributed by atoms with van der Waals surface area (Å²) in [5.74, 6) is 0.675. The molecule has 1 amide bonds. The molecule has 10 heteroatoms. The maximum atomic E-state index is 12.9. The minimum atomic E-state index is -0.101. The van der Waals surface area contributed by atoms with E-state index in [-0.39, 0.29) is 5.91 Å². The summed E-state index contributed by atoms with van der Waals surface area (Å²) in [5, 5.41) is 25.2. The van der Waals surface area contributed by atoms with Gasteiger partial charge in [-0.3, -0.25) is 15.0 Å². The van der Waals surface area contributed by atoms with Crippen molar-refractivity contribution in [1.29, 1.82) is 0 Å². The molecule has 4 rings (SSSR count). The van der Waals surface area contributed by atoms with Crippen LogP contribution in [0.4, 0.5) is 0 Å². The molecule has 0 bridgehead atoms. The van der Waals surface area contributed by atoms with Gasteiger partial charge in [0.1, 0.15) is 11.9 Å². The number of aromatic amines is 2. The number of hydrogen-bond acceptors (Lipinski definition) is 6. The highest BCUT2D eigenvalue weighted by atomic mass is 16.2. The number of fused-ring (bicyclic) bond motifs is 1. The Morgan fingerprint density at radius 2 is 2.21 bits per heavy atom. The third-order valence-electron chi connectivity index (χ3n) is 4.23. The molecule has 0 fully saturated rings. The molecule has 3 aromatic rings. The molecule has 10 nitrogen and oxygen atoms in total. The van der Waals surface area contributed by atoms with Gasteiger partial charge in [0, 0.05) is 30.8 Å². The van der Waals surface area contributed by atoms with E-state index in [4.69, 9.17) is 0 Å². The summed E-state index contributed by atoms with van der Waals surface area (Å²) in [5.41, 5.74) is 3.71. The van der Waals surface area contributed by atoms with Gasteiger partial charge in [0.25, 0.3) is 5.91 Å². The van der Waals surface area contributed by atoms with E-state index in [9.17, 15) is 4.79 Å². The normalized spacial score (nSPS) is 14.2. The van der Waals surface area contributed by atoms with Crippen molar-refractivity contribution in [2.24, 2.45) is 0 Å². The third kappa shape index (κ3) is 2.27. The van der Waals surface area contributed by atoms with Crippen LogP contribution in [0.3, 0.4) is 0 Å². The number of hydrogen-bond donors (Lipinski definition) is 2. The molecular weight excluding hydrogens is 310 g/mol. The molecule has 0 spiro atoms. The maximum Gasteiger partial charge on any atom is 0.259 e. The lowest BCUT2D eigenvalue weighted by Gasteiger charge is -2.27. The Bertz CT molecular complexity index is 861. The molecule has 0 saturated heterocycles. The number of aromatic nitrogens is 8. The van der Waals surface area contributed by atoms with Gasteiger partial charge in [-0.25, -0.2) is 0 Å². The fraction of sp³-hybridized carbons (Fsp3) is 0.429. The Kier molecular flexibility index (Phi) is 3.36. The Labute approximate surface area is 137 Å². The zero-order valence-corrected chi connectivity index (χ0v) is 13.4. The van der Waals surface area contributed by atoms with Crippen LogP contribution in [0.1, 0.15) is 47.1 Å². The molecule has 0 atom stereocenters. The molecule has 24 heavy (non-hydrogen) atoms. The molecule has 3 aromatic heterocycles. The van der Waals surface area contributed by atoms with E-state index >= 15 is 0 Å². The van der Waals surface area contributed by atoms with E-state index in [1.54, 1.807) is 0 Å². The Morgan fingerprint density at radius 3 is 2.96 bits per heavy atom. The van der Waals surface area contributed by atoms with Crippen molar-refractivity contribution >= 4 is 5.91 Å². The van der Waals surface area contributed by atoms with Crippen molar-refractivity contribution in [3.8, 4) is 5.82 Å². The Morgan fingerprint density at radius 1 is 1.33 bits per heavy atom.